The van der Waals surface area contributed by atoms with Crippen LogP contribution >= 0.6 is 23.7 Å². The maximum atomic E-state index is 4.90. The van der Waals surface area contributed by atoms with E-state index in [1.54, 1.807) is 11.3 Å². The number of aromatic nitrogens is 3. The average molecular weight is 399 g/mol. The molecule has 0 bridgehead atoms. The highest BCUT2D eigenvalue weighted by Crippen LogP contribution is 2.35. The Bertz CT molecular complexity index is 1110. The molecule has 0 unspecified atom stereocenters. The van der Waals surface area contributed by atoms with E-state index in [0.717, 1.165) is 29.1 Å². The van der Waals surface area contributed by atoms with Crippen molar-refractivity contribution < 1.29 is 0 Å². The number of nitrogens with one attached hydrogen (secondary N) is 1. The first kappa shape index (κ1) is 18.4. The summed E-state index contributed by atoms with van der Waals surface area (Å²) < 4.78 is 3.17. The van der Waals surface area contributed by atoms with Gasteiger partial charge in [0.2, 0.25) is 0 Å². The molecule has 1 saturated heterocycles. The molecule has 1 fully saturated rings. The highest BCUT2D eigenvalue weighted by Gasteiger charge is 2.17. The Labute approximate surface area is 169 Å². The van der Waals surface area contributed by atoms with E-state index in [9.17, 15) is 0 Å². The maximum absolute atomic E-state index is 4.90. The third-order valence-corrected chi connectivity index (χ3v) is 6.45. The Morgan fingerprint density at radius 1 is 1.15 bits per heavy atom. The third kappa shape index (κ3) is 3.35. The zero-order valence-electron chi connectivity index (χ0n) is 15.5. The Morgan fingerprint density at radius 2 is 1.96 bits per heavy atom. The van der Waals surface area contributed by atoms with Crippen molar-refractivity contribution >= 4 is 44.9 Å². The van der Waals surface area contributed by atoms with Gasteiger partial charge in [0.1, 0.15) is 5.01 Å². The summed E-state index contributed by atoms with van der Waals surface area (Å²) in [5.74, 6) is 0.681. The lowest BCUT2D eigenvalue weighted by Crippen LogP contribution is -2.26. The second-order valence-corrected chi connectivity index (χ2v) is 8.33. The number of halogens is 1. The molecule has 1 aliphatic heterocycles. The van der Waals surface area contributed by atoms with Crippen molar-refractivity contribution in [3.8, 4) is 10.6 Å². The monoisotopic (exact) mass is 398 g/mol. The van der Waals surface area contributed by atoms with Crippen LogP contribution in [0.25, 0.3) is 31.7 Å². The van der Waals surface area contributed by atoms with Crippen LogP contribution in [0.5, 0.6) is 0 Å². The molecule has 0 amide bonds. The van der Waals surface area contributed by atoms with Crippen molar-refractivity contribution in [1.29, 1.82) is 0 Å². The van der Waals surface area contributed by atoms with E-state index in [0.29, 0.717) is 5.92 Å². The van der Waals surface area contributed by atoms with Gasteiger partial charge < -0.3 is 5.32 Å². The summed E-state index contributed by atoms with van der Waals surface area (Å²) in [5.41, 5.74) is 6.03. The molecule has 0 saturated carbocycles. The van der Waals surface area contributed by atoms with Crippen molar-refractivity contribution in [3.63, 3.8) is 0 Å². The molecule has 3 heterocycles. The van der Waals surface area contributed by atoms with Crippen LogP contribution in [0.1, 0.15) is 29.9 Å². The number of hydrogen-bond donors (Lipinski definition) is 1. The molecule has 2 aromatic carbocycles. The smallest absolute Gasteiger partial charge is 0.124 e. The van der Waals surface area contributed by atoms with Gasteiger partial charge in [-0.1, -0.05) is 6.07 Å². The van der Waals surface area contributed by atoms with E-state index in [2.05, 4.69) is 53.9 Å². The summed E-state index contributed by atoms with van der Waals surface area (Å²) in [6.45, 7) is 4.38. The number of aryl methyl sites for hydroxylation is 2. The first-order valence-corrected chi connectivity index (χ1v) is 10.0. The molecule has 1 N–H and O–H groups in total. The molecule has 1 aliphatic rings. The fraction of sp³-hybridized carbons (Fsp3) is 0.333. The number of nitrogens with zero attached hydrogens (tertiary/aromatic N) is 3. The second-order valence-electron chi connectivity index (χ2n) is 7.30. The highest BCUT2D eigenvalue weighted by atomic mass is 35.5. The van der Waals surface area contributed by atoms with E-state index >= 15 is 0 Å². The Kier molecular flexibility index (Phi) is 4.93. The molecule has 4 aromatic rings. The highest BCUT2D eigenvalue weighted by molar-refractivity contribution is 7.21. The van der Waals surface area contributed by atoms with Gasteiger partial charge in [0.05, 0.1) is 15.7 Å². The summed E-state index contributed by atoms with van der Waals surface area (Å²) in [6, 6.07) is 11.3. The Morgan fingerprint density at radius 3 is 2.78 bits per heavy atom. The predicted molar refractivity (Wildman–Crippen MR) is 116 cm³/mol. The zero-order valence-corrected chi connectivity index (χ0v) is 17.2. The fourth-order valence-electron chi connectivity index (χ4n) is 4.03. The van der Waals surface area contributed by atoms with Crippen LogP contribution in [0, 0.1) is 6.92 Å². The van der Waals surface area contributed by atoms with Gasteiger partial charge in [0.15, 0.2) is 0 Å². The lowest BCUT2D eigenvalue weighted by atomic mass is 9.90. The molecule has 6 heteroatoms. The molecular weight excluding hydrogens is 376 g/mol. The topological polar surface area (TPSA) is 42.7 Å². The van der Waals surface area contributed by atoms with Crippen LogP contribution in [-0.2, 0) is 7.05 Å². The second kappa shape index (κ2) is 7.23. The molecule has 0 aliphatic carbocycles. The maximum Gasteiger partial charge on any atom is 0.124 e. The lowest BCUT2D eigenvalue weighted by molar-refractivity contribution is 0.461. The van der Waals surface area contributed by atoms with E-state index in [-0.39, 0.29) is 12.4 Å². The number of benzene rings is 2. The van der Waals surface area contributed by atoms with Gasteiger partial charge in [-0.15, -0.1) is 23.7 Å². The minimum Gasteiger partial charge on any atom is -0.317 e. The number of piperidine rings is 1. The minimum atomic E-state index is 0. The molecule has 4 nitrogen and oxygen atoms in total. The first-order valence-electron chi connectivity index (χ1n) is 9.23. The third-order valence-electron chi connectivity index (χ3n) is 5.38. The standard InChI is InChI=1S/C21H22N4S.ClH/c1-13-9-16(10-17-12-25(2)24-20(13)17)21-23-18-4-3-15(11-19(18)26-21)14-5-7-22-8-6-14;/h3-4,9-12,14,22H,5-8H2,1-2H3;1H. The van der Waals surface area contributed by atoms with Gasteiger partial charge in [-0.25, -0.2) is 4.98 Å². The van der Waals surface area contributed by atoms with Crippen molar-refractivity contribution in [3.05, 3.63) is 47.7 Å². The minimum absolute atomic E-state index is 0. The summed E-state index contributed by atoms with van der Waals surface area (Å²) in [4.78, 5) is 4.90. The number of rotatable bonds is 2. The summed E-state index contributed by atoms with van der Waals surface area (Å²) in [5, 5.41) is 10.3. The average Bonchev–Trinajstić information content (AvgIpc) is 3.24. The van der Waals surface area contributed by atoms with Crippen LogP contribution in [0.3, 0.4) is 0 Å². The van der Waals surface area contributed by atoms with E-state index in [1.807, 2.05) is 11.7 Å². The zero-order chi connectivity index (χ0) is 17.7. The quantitative estimate of drug-likeness (QED) is 0.514. The van der Waals surface area contributed by atoms with Crippen molar-refractivity contribution in [1.82, 2.24) is 20.1 Å². The van der Waals surface area contributed by atoms with Gasteiger partial charge in [0.25, 0.3) is 0 Å². The van der Waals surface area contributed by atoms with E-state index < -0.39 is 0 Å². The molecule has 2 aromatic heterocycles. The lowest BCUT2D eigenvalue weighted by Gasteiger charge is -2.22. The van der Waals surface area contributed by atoms with Gasteiger partial charge in [-0.3, -0.25) is 4.68 Å². The molecular formula is C21H23ClN4S. The predicted octanol–water partition coefficient (Wildman–Crippen LogP) is 5.05. The number of hydrogen-bond acceptors (Lipinski definition) is 4. The van der Waals surface area contributed by atoms with Crippen molar-refractivity contribution in [2.75, 3.05) is 13.1 Å². The SMILES string of the molecule is Cc1cc(-c2nc3ccc(C4CCNCC4)cc3s2)cc2cn(C)nc12.Cl. The van der Waals surface area contributed by atoms with Crippen LogP contribution in [0.15, 0.2) is 36.5 Å². The molecule has 0 radical (unpaired) electrons. The Hall–Kier alpha value is -1.95. The van der Waals surface area contributed by atoms with Gasteiger partial charge >= 0.3 is 0 Å². The summed E-state index contributed by atoms with van der Waals surface area (Å²) >= 11 is 1.80. The van der Waals surface area contributed by atoms with Crippen LogP contribution < -0.4 is 5.32 Å². The van der Waals surface area contributed by atoms with E-state index in [4.69, 9.17) is 4.98 Å². The van der Waals surface area contributed by atoms with Gasteiger partial charge in [0, 0.05) is 24.2 Å². The van der Waals surface area contributed by atoms with Crippen LogP contribution in [-0.4, -0.2) is 27.9 Å². The van der Waals surface area contributed by atoms with E-state index in [1.165, 1.54) is 39.6 Å². The van der Waals surface area contributed by atoms with Crippen LogP contribution in [0.2, 0.25) is 0 Å². The van der Waals surface area contributed by atoms with Crippen molar-refractivity contribution in [2.45, 2.75) is 25.7 Å². The summed E-state index contributed by atoms with van der Waals surface area (Å²) in [6.07, 6.45) is 4.54. The molecule has 0 atom stereocenters. The van der Waals surface area contributed by atoms with Crippen LogP contribution in [0.4, 0.5) is 0 Å². The largest absolute Gasteiger partial charge is 0.317 e. The molecule has 0 spiro atoms. The number of thiazole rings is 1. The van der Waals surface area contributed by atoms with Gasteiger partial charge in [-0.05, 0) is 74.2 Å². The van der Waals surface area contributed by atoms with Gasteiger partial charge in [-0.2, -0.15) is 5.10 Å². The molecule has 5 rings (SSSR count). The summed E-state index contributed by atoms with van der Waals surface area (Å²) in [7, 11) is 1.97. The molecule has 140 valence electrons. The first-order chi connectivity index (χ1) is 12.7. The normalized spacial score (nSPS) is 15.3. The Balaban J connectivity index is 0.00000180. The number of fused-ring (bicyclic) bond motifs is 2. The molecule has 27 heavy (non-hydrogen) atoms. The van der Waals surface area contributed by atoms with Crippen molar-refractivity contribution in [2.24, 2.45) is 7.05 Å². The fourth-order valence-corrected chi connectivity index (χ4v) is 5.03.